The number of esters is 1. The summed E-state index contributed by atoms with van der Waals surface area (Å²) in [6, 6.07) is 0. The molecule has 0 spiro atoms. The maximum Gasteiger partial charge on any atom is 0.305 e. The Labute approximate surface area is 104 Å². The fourth-order valence-electron chi connectivity index (χ4n) is 1.96. The summed E-state index contributed by atoms with van der Waals surface area (Å²) in [5, 5.41) is 0. The maximum atomic E-state index is 11.0. The van der Waals surface area contributed by atoms with Gasteiger partial charge in [0.1, 0.15) is 0 Å². The van der Waals surface area contributed by atoms with Crippen molar-refractivity contribution in [2.75, 3.05) is 20.3 Å². The molecule has 0 unspecified atom stereocenters. The van der Waals surface area contributed by atoms with Crippen molar-refractivity contribution in [3.05, 3.63) is 0 Å². The minimum absolute atomic E-state index is 0.000312. The highest BCUT2D eigenvalue weighted by atomic mass is 16.7. The molecule has 0 bridgehead atoms. The summed E-state index contributed by atoms with van der Waals surface area (Å²) in [6.07, 6.45) is 5.81. The highest BCUT2D eigenvalue weighted by Crippen LogP contribution is 2.15. The molecule has 4 heteroatoms. The monoisotopic (exact) mass is 244 g/mol. The van der Waals surface area contributed by atoms with E-state index in [1.165, 1.54) is 13.5 Å². The Kier molecular flexibility index (Phi) is 7.21. The lowest BCUT2D eigenvalue weighted by Gasteiger charge is -2.22. The van der Waals surface area contributed by atoms with Crippen molar-refractivity contribution in [3.8, 4) is 0 Å². The maximum absolute atomic E-state index is 11.0. The van der Waals surface area contributed by atoms with Crippen molar-refractivity contribution in [3.63, 3.8) is 0 Å². The van der Waals surface area contributed by atoms with E-state index >= 15 is 0 Å². The molecule has 0 saturated carbocycles. The van der Waals surface area contributed by atoms with Crippen LogP contribution in [0.5, 0.6) is 0 Å². The molecular weight excluding hydrogens is 220 g/mol. The Balaban J connectivity index is 1.97. The number of ether oxygens (including phenoxy) is 3. The fourth-order valence-corrected chi connectivity index (χ4v) is 1.96. The largest absolute Gasteiger partial charge is 0.469 e. The number of methoxy groups -OCH3 is 1. The Morgan fingerprint density at radius 3 is 2.94 bits per heavy atom. The summed E-state index contributed by atoms with van der Waals surface area (Å²) in [4.78, 5) is 11.0. The zero-order chi connectivity index (χ0) is 12.5. The lowest BCUT2D eigenvalue weighted by molar-refractivity contribution is -0.163. The summed E-state index contributed by atoms with van der Waals surface area (Å²) in [5.41, 5.74) is 0. The molecule has 0 aromatic rings. The third-order valence-corrected chi connectivity index (χ3v) is 3.03. The lowest BCUT2D eigenvalue weighted by atomic mass is 10.0. The molecular formula is C13H24O4. The van der Waals surface area contributed by atoms with Crippen LogP contribution in [0.25, 0.3) is 0 Å². The van der Waals surface area contributed by atoms with E-state index in [4.69, 9.17) is 9.47 Å². The van der Waals surface area contributed by atoms with Crippen molar-refractivity contribution in [1.82, 2.24) is 0 Å². The zero-order valence-corrected chi connectivity index (χ0v) is 10.9. The van der Waals surface area contributed by atoms with Gasteiger partial charge in [-0.25, -0.2) is 0 Å². The molecule has 1 heterocycles. The van der Waals surface area contributed by atoms with Crippen LogP contribution < -0.4 is 0 Å². The Hall–Kier alpha value is -0.610. The molecule has 0 aromatic carbocycles. The zero-order valence-electron chi connectivity index (χ0n) is 10.9. The van der Waals surface area contributed by atoms with Crippen molar-refractivity contribution >= 4 is 5.97 Å². The van der Waals surface area contributed by atoms with Gasteiger partial charge in [0.2, 0.25) is 0 Å². The van der Waals surface area contributed by atoms with E-state index in [0.717, 1.165) is 38.9 Å². The molecule has 1 rings (SSSR count). The molecule has 100 valence electrons. The SMILES string of the molecule is COC(=O)C[C@H](C)CCCO[C@@H]1CCCCO1. The first-order valence-corrected chi connectivity index (χ1v) is 6.52. The molecule has 0 aromatic heterocycles. The molecule has 1 aliphatic rings. The second-order valence-corrected chi connectivity index (χ2v) is 4.69. The van der Waals surface area contributed by atoms with Crippen LogP contribution in [0.4, 0.5) is 0 Å². The highest BCUT2D eigenvalue weighted by Gasteiger charge is 2.14. The van der Waals surface area contributed by atoms with Gasteiger partial charge in [0.25, 0.3) is 0 Å². The van der Waals surface area contributed by atoms with Gasteiger partial charge in [0.05, 0.1) is 7.11 Å². The summed E-state index contributed by atoms with van der Waals surface area (Å²) >= 11 is 0. The van der Waals surface area contributed by atoms with Gasteiger partial charge < -0.3 is 14.2 Å². The summed E-state index contributed by atoms with van der Waals surface area (Å²) in [6.45, 7) is 3.60. The van der Waals surface area contributed by atoms with Gasteiger partial charge in [0, 0.05) is 19.6 Å². The standard InChI is InChI=1S/C13H24O4/c1-11(10-12(14)15-2)6-5-9-17-13-7-3-4-8-16-13/h11,13H,3-10H2,1-2H3/t11-,13-/m1/s1. The number of carbonyl (C=O) groups is 1. The van der Waals surface area contributed by atoms with Gasteiger partial charge in [-0.2, -0.15) is 0 Å². The van der Waals surface area contributed by atoms with E-state index in [1.54, 1.807) is 0 Å². The number of hydrogen-bond acceptors (Lipinski definition) is 4. The van der Waals surface area contributed by atoms with Crippen molar-refractivity contribution < 1.29 is 19.0 Å². The Bertz CT molecular complexity index is 211. The van der Waals surface area contributed by atoms with Gasteiger partial charge >= 0.3 is 5.97 Å². The highest BCUT2D eigenvalue weighted by molar-refractivity contribution is 5.69. The lowest BCUT2D eigenvalue weighted by Crippen LogP contribution is -2.22. The molecule has 17 heavy (non-hydrogen) atoms. The van der Waals surface area contributed by atoms with Crippen LogP contribution in [0.1, 0.15) is 45.4 Å². The number of hydrogen-bond donors (Lipinski definition) is 0. The van der Waals surface area contributed by atoms with E-state index in [2.05, 4.69) is 11.7 Å². The minimum Gasteiger partial charge on any atom is -0.469 e. The van der Waals surface area contributed by atoms with Crippen LogP contribution in [0.15, 0.2) is 0 Å². The summed E-state index contributed by atoms with van der Waals surface area (Å²) in [5.74, 6) is 0.229. The fraction of sp³-hybridized carbons (Fsp3) is 0.923. The van der Waals surface area contributed by atoms with E-state index in [0.29, 0.717) is 12.3 Å². The van der Waals surface area contributed by atoms with Gasteiger partial charge in [-0.05, 0) is 38.0 Å². The van der Waals surface area contributed by atoms with Crippen LogP contribution >= 0.6 is 0 Å². The quantitative estimate of drug-likeness (QED) is 0.510. The van der Waals surface area contributed by atoms with E-state index in [9.17, 15) is 4.79 Å². The number of carbonyl (C=O) groups excluding carboxylic acids is 1. The topological polar surface area (TPSA) is 44.8 Å². The van der Waals surface area contributed by atoms with Gasteiger partial charge in [-0.1, -0.05) is 6.92 Å². The second kappa shape index (κ2) is 8.48. The van der Waals surface area contributed by atoms with Crippen LogP contribution in [0.2, 0.25) is 0 Å². The molecule has 0 aliphatic carbocycles. The normalized spacial score (nSPS) is 22.1. The third kappa shape index (κ3) is 6.64. The van der Waals surface area contributed by atoms with Crippen LogP contribution in [0.3, 0.4) is 0 Å². The summed E-state index contributed by atoms with van der Waals surface area (Å²) in [7, 11) is 1.43. The third-order valence-electron chi connectivity index (χ3n) is 3.03. The van der Waals surface area contributed by atoms with E-state index in [-0.39, 0.29) is 12.3 Å². The van der Waals surface area contributed by atoms with Crippen LogP contribution in [0, 0.1) is 5.92 Å². The van der Waals surface area contributed by atoms with Crippen LogP contribution in [-0.2, 0) is 19.0 Å². The first kappa shape index (κ1) is 14.5. The van der Waals surface area contributed by atoms with Crippen molar-refractivity contribution in [2.24, 2.45) is 5.92 Å². The van der Waals surface area contributed by atoms with Crippen molar-refractivity contribution in [1.29, 1.82) is 0 Å². The first-order valence-electron chi connectivity index (χ1n) is 6.52. The molecule has 1 aliphatic heterocycles. The molecule has 0 amide bonds. The second-order valence-electron chi connectivity index (χ2n) is 4.69. The van der Waals surface area contributed by atoms with Gasteiger partial charge in [-0.3, -0.25) is 4.79 Å². The molecule has 0 radical (unpaired) electrons. The average molecular weight is 244 g/mol. The van der Waals surface area contributed by atoms with Crippen LogP contribution in [-0.4, -0.2) is 32.6 Å². The predicted octanol–water partition coefficient (Wildman–Crippen LogP) is 2.51. The number of rotatable bonds is 7. The predicted molar refractivity (Wildman–Crippen MR) is 64.6 cm³/mol. The summed E-state index contributed by atoms with van der Waals surface area (Å²) < 4.78 is 15.7. The molecule has 1 saturated heterocycles. The average Bonchev–Trinajstić information content (AvgIpc) is 2.36. The van der Waals surface area contributed by atoms with Gasteiger partial charge in [0.15, 0.2) is 6.29 Å². The van der Waals surface area contributed by atoms with E-state index < -0.39 is 0 Å². The van der Waals surface area contributed by atoms with Gasteiger partial charge in [-0.15, -0.1) is 0 Å². The van der Waals surface area contributed by atoms with E-state index in [1.807, 2.05) is 0 Å². The Morgan fingerprint density at radius 2 is 2.29 bits per heavy atom. The smallest absolute Gasteiger partial charge is 0.305 e. The molecule has 2 atom stereocenters. The van der Waals surface area contributed by atoms with Crippen molar-refractivity contribution in [2.45, 2.75) is 51.7 Å². The first-order chi connectivity index (χ1) is 8.22. The molecule has 1 fully saturated rings. The minimum atomic E-state index is -0.131. The molecule has 0 N–H and O–H groups in total. The Morgan fingerprint density at radius 1 is 1.47 bits per heavy atom. The molecule has 4 nitrogen and oxygen atoms in total.